The van der Waals surface area contributed by atoms with Gasteiger partial charge >= 0.3 is 0 Å². The van der Waals surface area contributed by atoms with Crippen LogP contribution in [0.1, 0.15) is 17.0 Å². The van der Waals surface area contributed by atoms with Gasteiger partial charge in [-0.25, -0.2) is 0 Å². The minimum Gasteiger partial charge on any atom is -0.347 e. The van der Waals surface area contributed by atoms with Gasteiger partial charge in [0.05, 0.1) is 16.6 Å². The van der Waals surface area contributed by atoms with Crippen LogP contribution in [0, 0.1) is 28.4 Å². The van der Waals surface area contributed by atoms with Crippen LogP contribution in [-0.2, 0) is 4.79 Å². The first-order valence-electron chi connectivity index (χ1n) is 5.35. The molecule has 1 atom stereocenters. The molecular weight excluding hydrogens is 270 g/mol. The van der Waals surface area contributed by atoms with E-state index in [4.69, 9.17) is 16.9 Å². The number of carbonyl (C=O) groups is 1. The molecule has 0 spiro atoms. The van der Waals surface area contributed by atoms with Crippen LogP contribution in [-0.4, -0.2) is 29.8 Å². The molecule has 0 aliphatic heterocycles. The number of nitriles is 1. The third-order valence-corrected chi connectivity index (χ3v) is 3.14. The number of likely N-dealkylation sites (N-methyl/N-ethyl adjacent to an activating group) is 1. The fourth-order valence-corrected chi connectivity index (χ4v) is 1.88. The van der Waals surface area contributed by atoms with Gasteiger partial charge in [-0.1, -0.05) is 11.6 Å². The maximum absolute atomic E-state index is 12.0. The first kappa shape index (κ1) is 14.9. The van der Waals surface area contributed by atoms with Crippen molar-refractivity contribution in [3.05, 3.63) is 38.4 Å². The smallest absolute Gasteiger partial charge is 0.274 e. The van der Waals surface area contributed by atoms with E-state index in [-0.39, 0.29) is 16.3 Å². The number of benzene rings is 1. The largest absolute Gasteiger partial charge is 0.347 e. The molecule has 0 aromatic heterocycles. The number of hydrogen-bond acceptors (Lipinski definition) is 4. The Kier molecular flexibility index (Phi) is 4.46. The van der Waals surface area contributed by atoms with Crippen molar-refractivity contribution in [3.63, 3.8) is 0 Å². The zero-order valence-corrected chi connectivity index (χ0v) is 11.4. The second-order valence-electron chi connectivity index (χ2n) is 4.16. The van der Waals surface area contributed by atoms with Crippen LogP contribution >= 0.6 is 11.6 Å². The van der Waals surface area contributed by atoms with Gasteiger partial charge in [-0.2, -0.15) is 5.26 Å². The molecule has 19 heavy (non-hydrogen) atoms. The summed E-state index contributed by atoms with van der Waals surface area (Å²) in [6, 6.07) is 4.40. The summed E-state index contributed by atoms with van der Waals surface area (Å²) in [6.07, 6.45) is 0. The van der Waals surface area contributed by atoms with Crippen LogP contribution in [0.5, 0.6) is 0 Å². The van der Waals surface area contributed by atoms with Gasteiger partial charge < -0.3 is 4.90 Å². The maximum Gasteiger partial charge on any atom is 0.274 e. The number of amides is 1. The van der Waals surface area contributed by atoms with E-state index in [2.05, 4.69) is 0 Å². The Labute approximate surface area is 115 Å². The quantitative estimate of drug-likeness (QED) is 0.628. The van der Waals surface area contributed by atoms with Gasteiger partial charge in [0.1, 0.15) is 0 Å². The summed E-state index contributed by atoms with van der Waals surface area (Å²) in [4.78, 5) is 23.6. The van der Waals surface area contributed by atoms with E-state index in [1.807, 2.05) is 6.07 Å². The lowest BCUT2D eigenvalue weighted by molar-refractivity contribution is -0.385. The Morgan fingerprint density at radius 1 is 1.53 bits per heavy atom. The van der Waals surface area contributed by atoms with E-state index >= 15 is 0 Å². The van der Waals surface area contributed by atoms with Crippen molar-refractivity contribution in [2.24, 2.45) is 0 Å². The van der Waals surface area contributed by atoms with Crippen molar-refractivity contribution in [3.8, 4) is 6.07 Å². The van der Waals surface area contributed by atoms with E-state index in [1.165, 1.54) is 31.1 Å². The number of nitro benzene ring substituents is 1. The Morgan fingerprint density at radius 2 is 2.11 bits per heavy atom. The average molecular weight is 282 g/mol. The summed E-state index contributed by atoms with van der Waals surface area (Å²) in [5.41, 5.74) is 0.153. The summed E-state index contributed by atoms with van der Waals surface area (Å²) >= 11 is 5.92. The summed E-state index contributed by atoms with van der Waals surface area (Å²) in [7, 11) is 2.97. The molecule has 1 aromatic carbocycles. The third kappa shape index (κ3) is 2.83. The van der Waals surface area contributed by atoms with Gasteiger partial charge in [0, 0.05) is 25.2 Å². The van der Waals surface area contributed by atoms with Crippen LogP contribution in [0.4, 0.5) is 5.69 Å². The Morgan fingerprint density at radius 3 is 2.53 bits per heavy atom. The number of hydrogen-bond donors (Lipinski definition) is 0. The van der Waals surface area contributed by atoms with Crippen molar-refractivity contribution in [2.45, 2.75) is 12.8 Å². The van der Waals surface area contributed by atoms with Crippen LogP contribution < -0.4 is 0 Å². The van der Waals surface area contributed by atoms with Crippen molar-refractivity contribution in [1.29, 1.82) is 5.26 Å². The van der Waals surface area contributed by atoms with Crippen molar-refractivity contribution >= 4 is 23.2 Å². The van der Waals surface area contributed by atoms with E-state index < -0.39 is 16.7 Å². The SMILES string of the molecule is Cc1c(Cl)ccc([N+](=O)[O-])c1[C@@H](C#N)C(=O)N(C)C. The number of nitrogens with zero attached hydrogens (tertiary/aromatic N) is 3. The topological polar surface area (TPSA) is 87.2 Å². The third-order valence-electron chi connectivity index (χ3n) is 2.73. The van der Waals surface area contributed by atoms with Crippen molar-refractivity contribution in [1.82, 2.24) is 4.90 Å². The maximum atomic E-state index is 12.0. The van der Waals surface area contributed by atoms with Crippen LogP contribution in [0.3, 0.4) is 0 Å². The minimum atomic E-state index is -1.24. The fourth-order valence-electron chi connectivity index (χ4n) is 1.71. The standard InChI is InChI=1S/C12H12ClN3O3/c1-7-9(13)4-5-10(16(18)19)11(7)8(6-14)12(17)15(2)3/h4-5,8H,1-3H3/t8-/m1/s1. The zero-order valence-electron chi connectivity index (χ0n) is 10.7. The lowest BCUT2D eigenvalue weighted by atomic mass is 9.93. The Bertz CT molecular complexity index is 578. The highest BCUT2D eigenvalue weighted by Crippen LogP contribution is 2.34. The lowest BCUT2D eigenvalue weighted by Crippen LogP contribution is -2.28. The molecule has 1 aromatic rings. The summed E-state index contributed by atoms with van der Waals surface area (Å²) in [5, 5.41) is 20.5. The monoisotopic (exact) mass is 281 g/mol. The van der Waals surface area contributed by atoms with Crippen LogP contribution in [0.15, 0.2) is 12.1 Å². The molecule has 0 unspecified atom stereocenters. The predicted octanol–water partition coefficient (Wildman–Crippen LogP) is 2.25. The predicted molar refractivity (Wildman–Crippen MR) is 69.9 cm³/mol. The second-order valence-corrected chi connectivity index (χ2v) is 4.56. The first-order valence-corrected chi connectivity index (χ1v) is 5.73. The molecule has 1 rings (SSSR count). The van der Waals surface area contributed by atoms with Gasteiger partial charge in [-0.05, 0) is 18.6 Å². The number of carbonyl (C=O) groups excluding carboxylic acids is 1. The number of nitro groups is 1. The molecule has 0 N–H and O–H groups in total. The normalized spacial score (nSPS) is 11.5. The van der Waals surface area contributed by atoms with Gasteiger partial charge in [0.25, 0.3) is 5.69 Å². The number of halogens is 1. The van der Waals surface area contributed by atoms with Crippen molar-refractivity contribution < 1.29 is 9.72 Å². The summed E-state index contributed by atoms with van der Waals surface area (Å²) in [6.45, 7) is 1.55. The van der Waals surface area contributed by atoms with E-state index in [0.717, 1.165) is 0 Å². The van der Waals surface area contributed by atoms with Gasteiger partial charge in [-0.15, -0.1) is 0 Å². The van der Waals surface area contributed by atoms with Crippen molar-refractivity contribution in [2.75, 3.05) is 14.1 Å². The Balaban J connectivity index is 3.55. The highest BCUT2D eigenvalue weighted by Gasteiger charge is 2.31. The molecule has 0 bridgehead atoms. The molecule has 1 amide bonds. The molecule has 6 nitrogen and oxygen atoms in total. The van der Waals surface area contributed by atoms with Crippen LogP contribution in [0.2, 0.25) is 5.02 Å². The molecule has 100 valence electrons. The van der Waals surface area contributed by atoms with E-state index in [9.17, 15) is 14.9 Å². The average Bonchev–Trinajstić information content (AvgIpc) is 2.34. The molecule has 0 aliphatic carbocycles. The second kappa shape index (κ2) is 5.67. The van der Waals surface area contributed by atoms with Crippen LogP contribution in [0.25, 0.3) is 0 Å². The molecule has 0 heterocycles. The van der Waals surface area contributed by atoms with Gasteiger partial charge in [0.2, 0.25) is 5.91 Å². The molecule has 0 aliphatic rings. The molecule has 0 radical (unpaired) electrons. The van der Waals surface area contributed by atoms with Gasteiger partial charge in [-0.3, -0.25) is 14.9 Å². The molecule has 0 fully saturated rings. The fraction of sp³-hybridized carbons (Fsp3) is 0.333. The highest BCUT2D eigenvalue weighted by molar-refractivity contribution is 6.31. The lowest BCUT2D eigenvalue weighted by Gasteiger charge is -2.17. The molecule has 0 saturated carbocycles. The van der Waals surface area contributed by atoms with E-state index in [1.54, 1.807) is 6.92 Å². The van der Waals surface area contributed by atoms with E-state index in [0.29, 0.717) is 5.56 Å². The number of rotatable bonds is 3. The summed E-state index contributed by atoms with van der Waals surface area (Å²) in [5.74, 6) is -1.76. The molecule has 7 heteroatoms. The zero-order chi connectivity index (χ0) is 14.7. The molecule has 0 saturated heterocycles. The first-order chi connectivity index (χ1) is 8.81. The summed E-state index contributed by atoms with van der Waals surface area (Å²) < 4.78 is 0. The van der Waals surface area contributed by atoms with Gasteiger partial charge in [0.15, 0.2) is 5.92 Å². The highest BCUT2D eigenvalue weighted by atomic mass is 35.5. The molecular formula is C12H12ClN3O3. The minimum absolute atomic E-state index is 0.0544. The Hall–Kier alpha value is -2.13.